The van der Waals surface area contributed by atoms with Gasteiger partial charge in [0.1, 0.15) is 11.5 Å². The molecule has 0 aliphatic rings. The van der Waals surface area contributed by atoms with Crippen molar-refractivity contribution in [3.05, 3.63) is 58.2 Å². The van der Waals surface area contributed by atoms with E-state index in [-0.39, 0.29) is 0 Å². The van der Waals surface area contributed by atoms with Crippen molar-refractivity contribution in [2.75, 3.05) is 5.73 Å². The normalized spacial score (nSPS) is 10.6. The first-order valence-corrected chi connectivity index (χ1v) is 7.33. The van der Waals surface area contributed by atoms with E-state index >= 15 is 0 Å². The molecule has 2 aromatic heterocycles. The Balaban J connectivity index is 2.22. The van der Waals surface area contributed by atoms with Crippen LogP contribution in [0.4, 0.5) is 5.82 Å². The summed E-state index contributed by atoms with van der Waals surface area (Å²) in [4.78, 5) is 13.0. The molecule has 2 N–H and O–H groups in total. The molecule has 0 saturated carbocycles. The minimum absolute atomic E-state index is 0.348. The van der Waals surface area contributed by atoms with Crippen LogP contribution in [0, 0.1) is 0 Å². The largest absolute Gasteiger partial charge is 0.383 e. The first-order valence-electron chi connectivity index (χ1n) is 6.16. The van der Waals surface area contributed by atoms with Crippen LogP contribution in [0.15, 0.2) is 53.1 Å². The predicted octanol–water partition coefficient (Wildman–Crippen LogP) is 4.20. The minimum atomic E-state index is 0.348. The molecule has 2 heterocycles. The van der Waals surface area contributed by atoms with Crippen LogP contribution in [0.3, 0.4) is 0 Å². The maximum atomic E-state index is 6.15. The molecular weight excluding hydrogens is 352 g/mol. The number of aromatic nitrogens is 3. The van der Waals surface area contributed by atoms with Gasteiger partial charge >= 0.3 is 0 Å². The molecule has 0 fully saturated rings. The molecule has 4 nitrogen and oxygen atoms in total. The van der Waals surface area contributed by atoms with Gasteiger partial charge in [0.25, 0.3) is 0 Å². The fourth-order valence-electron chi connectivity index (χ4n) is 1.91. The number of hydrogen-bond acceptors (Lipinski definition) is 4. The second-order valence-corrected chi connectivity index (χ2v) is 5.50. The number of hydrogen-bond donors (Lipinski definition) is 1. The Hall–Kier alpha value is -1.98. The molecule has 0 unspecified atom stereocenters. The highest BCUT2D eigenvalue weighted by Crippen LogP contribution is 2.33. The summed E-state index contributed by atoms with van der Waals surface area (Å²) in [5.41, 5.74) is 8.13. The van der Waals surface area contributed by atoms with Crippen LogP contribution in [0.5, 0.6) is 0 Å². The summed E-state index contributed by atoms with van der Waals surface area (Å²) in [6.07, 6.45) is 1.64. The number of nitrogens with zero attached hydrogens (tertiary/aromatic N) is 3. The van der Waals surface area contributed by atoms with E-state index in [0.29, 0.717) is 32.5 Å². The molecule has 0 aliphatic carbocycles. The summed E-state index contributed by atoms with van der Waals surface area (Å²) >= 11 is 9.59. The van der Waals surface area contributed by atoms with Gasteiger partial charge in [0.2, 0.25) is 0 Å². The van der Waals surface area contributed by atoms with Crippen molar-refractivity contribution >= 4 is 33.3 Å². The third-order valence-corrected chi connectivity index (χ3v) is 3.98. The SMILES string of the molecule is Nc1nc(-c2ncccc2Cl)nc(-c2ccccc2)c1Br. The summed E-state index contributed by atoms with van der Waals surface area (Å²) in [6.45, 7) is 0. The van der Waals surface area contributed by atoms with Crippen LogP contribution >= 0.6 is 27.5 Å². The smallest absolute Gasteiger partial charge is 0.182 e. The van der Waals surface area contributed by atoms with E-state index in [1.165, 1.54) is 0 Å². The molecule has 1 aromatic carbocycles. The zero-order valence-electron chi connectivity index (χ0n) is 10.8. The van der Waals surface area contributed by atoms with Gasteiger partial charge in [-0.1, -0.05) is 41.9 Å². The van der Waals surface area contributed by atoms with E-state index < -0.39 is 0 Å². The number of rotatable bonds is 2. The molecule has 0 aliphatic heterocycles. The molecule has 0 atom stereocenters. The Morgan fingerprint density at radius 2 is 1.71 bits per heavy atom. The van der Waals surface area contributed by atoms with Gasteiger partial charge in [-0.25, -0.2) is 9.97 Å². The highest BCUT2D eigenvalue weighted by molar-refractivity contribution is 9.10. The number of benzene rings is 1. The maximum absolute atomic E-state index is 6.15. The molecule has 104 valence electrons. The van der Waals surface area contributed by atoms with E-state index in [1.807, 2.05) is 30.3 Å². The molecule has 0 bridgehead atoms. The first-order chi connectivity index (χ1) is 10.2. The second kappa shape index (κ2) is 5.79. The van der Waals surface area contributed by atoms with Crippen molar-refractivity contribution < 1.29 is 0 Å². The maximum Gasteiger partial charge on any atom is 0.182 e. The van der Waals surface area contributed by atoms with Gasteiger partial charge in [-0.2, -0.15) is 0 Å². The highest BCUT2D eigenvalue weighted by atomic mass is 79.9. The molecule has 0 saturated heterocycles. The molecule has 21 heavy (non-hydrogen) atoms. The monoisotopic (exact) mass is 360 g/mol. The lowest BCUT2D eigenvalue weighted by Crippen LogP contribution is -2.01. The van der Waals surface area contributed by atoms with Crippen LogP contribution in [0.2, 0.25) is 5.02 Å². The number of nitrogens with two attached hydrogens (primary N) is 1. The Kier molecular flexibility index (Phi) is 3.86. The molecular formula is C15H10BrClN4. The second-order valence-electron chi connectivity index (χ2n) is 4.29. The zero-order chi connectivity index (χ0) is 14.8. The number of nitrogen functional groups attached to an aromatic ring is 1. The van der Waals surface area contributed by atoms with Gasteiger partial charge in [-0.05, 0) is 28.1 Å². The van der Waals surface area contributed by atoms with Crippen molar-refractivity contribution in [1.29, 1.82) is 0 Å². The zero-order valence-corrected chi connectivity index (χ0v) is 13.1. The van der Waals surface area contributed by atoms with Gasteiger partial charge in [-0.15, -0.1) is 0 Å². The fourth-order valence-corrected chi connectivity index (χ4v) is 2.52. The lowest BCUT2D eigenvalue weighted by molar-refractivity contribution is 1.14. The number of pyridine rings is 1. The van der Waals surface area contributed by atoms with E-state index in [4.69, 9.17) is 17.3 Å². The van der Waals surface area contributed by atoms with Crippen molar-refractivity contribution in [2.45, 2.75) is 0 Å². The summed E-state index contributed by atoms with van der Waals surface area (Å²) in [6, 6.07) is 13.2. The van der Waals surface area contributed by atoms with E-state index in [1.54, 1.807) is 18.3 Å². The van der Waals surface area contributed by atoms with E-state index in [0.717, 1.165) is 5.56 Å². The lowest BCUT2D eigenvalue weighted by atomic mass is 10.1. The van der Waals surface area contributed by atoms with Gasteiger partial charge in [0, 0.05) is 11.8 Å². The molecule has 0 radical (unpaired) electrons. The quantitative estimate of drug-likeness (QED) is 0.743. The molecule has 3 rings (SSSR count). The summed E-state index contributed by atoms with van der Waals surface area (Å²) in [7, 11) is 0. The number of halogens is 2. The molecule has 3 aromatic rings. The topological polar surface area (TPSA) is 64.7 Å². The average Bonchev–Trinajstić information content (AvgIpc) is 2.51. The van der Waals surface area contributed by atoms with Gasteiger partial charge < -0.3 is 5.73 Å². The first kappa shape index (κ1) is 14.0. The molecule has 0 amide bonds. The summed E-state index contributed by atoms with van der Waals surface area (Å²) in [5, 5.41) is 0.484. The van der Waals surface area contributed by atoms with E-state index in [9.17, 15) is 0 Å². The standard InChI is InChI=1S/C15H10BrClN4/c16-11-12(9-5-2-1-3-6-9)20-15(21-14(11)18)13-10(17)7-4-8-19-13/h1-8H,(H2,18,20,21). The third-order valence-electron chi connectivity index (χ3n) is 2.89. The van der Waals surface area contributed by atoms with Crippen LogP contribution in [-0.2, 0) is 0 Å². The Morgan fingerprint density at radius 3 is 2.43 bits per heavy atom. The highest BCUT2D eigenvalue weighted by Gasteiger charge is 2.15. The Morgan fingerprint density at radius 1 is 0.952 bits per heavy atom. The van der Waals surface area contributed by atoms with E-state index in [2.05, 4.69) is 30.9 Å². The van der Waals surface area contributed by atoms with Crippen molar-refractivity contribution in [3.8, 4) is 22.8 Å². The predicted molar refractivity (Wildman–Crippen MR) is 87.8 cm³/mol. The van der Waals surface area contributed by atoms with Crippen LogP contribution in [0.25, 0.3) is 22.8 Å². The third kappa shape index (κ3) is 2.75. The Bertz CT molecular complexity index is 793. The van der Waals surface area contributed by atoms with Crippen LogP contribution < -0.4 is 5.73 Å². The van der Waals surface area contributed by atoms with Gasteiger partial charge in [0.05, 0.1) is 15.2 Å². The lowest BCUT2D eigenvalue weighted by Gasteiger charge is -2.09. The van der Waals surface area contributed by atoms with Crippen molar-refractivity contribution in [2.24, 2.45) is 0 Å². The summed E-state index contributed by atoms with van der Waals surface area (Å²) < 4.78 is 0.657. The van der Waals surface area contributed by atoms with Crippen LogP contribution in [0.1, 0.15) is 0 Å². The Labute approximate surface area is 135 Å². The van der Waals surface area contributed by atoms with Crippen molar-refractivity contribution in [3.63, 3.8) is 0 Å². The molecule has 6 heteroatoms. The summed E-state index contributed by atoms with van der Waals surface area (Å²) in [5.74, 6) is 0.751. The van der Waals surface area contributed by atoms with Crippen molar-refractivity contribution in [1.82, 2.24) is 15.0 Å². The van der Waals surface area contributed by atoms with Gasteiger partial charge in [-0.3, -0.25) is 4.98 Å². The minimum Gasteiger partial charge on any atom is -0.383 e. The van der Waals surface area contributed by atoms with Gasteiger partial charge in [0.15, 0.2) is 5.82 Å². The average molecular weight is 362 g/mol. The fraction of sp³-hybridized carbons (Fsp3) is 0. The number of anilines is 1. The van der Waals surface area contributed by atoms with Crippen LogP contribution in [-0.4, -0.2) is 15.0 Å². The molecule has 0 spiro atoms.